The molecule has 1 aliphatic carbocycles. The van der Waals surface area contributed by atoms with Crippen LogP contribution in [0.25, 0.3) is 5.73 Å². The van der Waals surface area contributed by atoms with Crippen LogP contribution in [-0.4, -0.2) is 35.1 Å². The van der Waals surface area contributed by atoms with Crippen LogP contribution in [0.3, 0.4) is 0 Å². The summed E-state index contributed by atoms with van der Waals surface area (Å²) in [4.78, 5) is 8.66. The molecule has 0 saturated heterocycles. The Bertz CT molecular complexity index is 357. The normalized spacial score (nSPS) is 13.5. The summed E-state index contributed by atoms with van der Waals surface area (Å²) in [5.74, 6) is 0.560. The van der Waals surface area contributed by atoms with Gasteiger partial charge in [-0.3, -0.25) is 6.08 Å². The second kappa shape index (κ2) is 31.7. The summed E-state index contributed by atoms with van der Waals surface area (Å²) in [5.41, 5.74) is 10.9. The molecule has 2 nitrogen and oxygen atoms in total. The van der Waals surface area contributed by atoms with Crippen LogP contribution in [0, 0.1) is 26.3 Å². The van der Waals surface area contributed by atoms with Gasteiger partial charge in [0.1, 0.15) is 0 Å². The predicted octanol–water partition coefficient (Wildman–Crippen LogP) is 7.11. The first kappa shape index (κ1) is 52.4. The molecule has 0 aromatic rings. The summed E-state index contributed by atoms with van der Waals surface area (Å²) in [6.45, 7) is 31.2. The fourth-order valence-corrected chi connectivity index (χ4v) is 1.16. The van der Waals surface area contributed by atoms with Gasteiger partial charge in [0.15, 0.2) is 8.32 Å². The molecule has 0 heterocycles. The Labute approximate surface area is 218 Å². The van der Waals surface area contributed by atoms with Gasteiger partial charge < -0.3 is 24.9 Å². The van der Waals surface area contributed by atoms with Gasteiger partial charge in [-0.05, 0) is 19.6 Å². The zero-order chi connectivity index (χ0) is 22.7. The van der Waals surface area contributed by atoms with Crippen LogP contribution in [0.15, 0.2) is 16.7 Å². The SMILES string of the molecule is CC(C)(C)[NH-].CC1=[C-]C(C)C(C)=C1C.C[SiH]C.C[Si](C)(C)O.Cl.Cl.[CH2-]C.[CH3-].[SiH2]=[Zr]. The average Bonchev–Trinajstić information content (AvgIpc) is 2.67. The zero-order valence-corrected chi connectivity index (χ0v) is 29.5. The van der Waals surface area contributed by atoms with Crippen LogP contribution in [0.5, 0.6) is 0 Å². The van der Waals surface area contributed by atoms with E-state index in [2.05, 4.69) is 53.8 Å². The van der Waals surface area contributed by atoms with E-state index in [9.17, 15) is 0 Å². The third-order valence-corrected chi connectivity index (χ3v) is 2.24. The molecule has 8 heteroatoms. The molecule has 0 saturated carbocycles. The topological polar surface area (TPSA) is 44.0 Å². The average molecular weight is 581 g/mol. The van der Waals surface area contributed by atoms with Crippen molar-refractivity contribution in [1.82, 2.24) is 0 Å². The van der Waals surface area contributed by atoms with E-state index in [1.54, 1.807) is 30.3 Å². The number of nitrogens with one attached hydrogen (secondary N) is 1. The molecule has 2 N–H and O–H groups in total. The molecule has 1 aliphatic rings. The van der Waals surface area contributed by atoms with E-state index in [-0.39, 0.29) is 37.8 Å². The molecule has 1 unspecified atom stereocenters. The second-order valence-corrected chi connectivity index (χ2v) is 13.3. The van der Waals surface area contributed by atoms with Crippen molar-refractivity contribution < 1.29 is 28.1 Å². The van der Waals surface area contributed by atoms with Crippen molar-refractivity contribution in [3.05, 3.63) is 42.9 Å². The predicted molar refractivity (Wildman–Crippen MR) is 149 cm³/mol. The number of halogens is 2. The third kappa shape index (κ3) is 72.8. The molecule has 181 valence electrons. The molecule has 1 rings (SSSR count). The van der Waals surface area contributed by atoms with E-state index >= 15 is 0 Å². The first-order valence-corrected chi connectivity index (χ1v) is 20.8. The van der Waals surface area contributed by atoms with Gasteiger partial charge in [-0.2, -0.15) is 18.1 Å². The maximum atomic E-state index is 8.66. The minimum absolute atomic E-state index is 0. The van der Waals surface area contributed by atoms with Gasteiger partial charge in [-0.15, -0.1) is 37.3 Å². The Hall–Kier alpha value is 1.51. The number of hydrogen-bond donors (Lipinski definition) is 1. The summed E-state index contributed by atoms with van der Waals surface area (Å²) >= 11 is 1.58. The summed E-state index contributed by atoms with van der Waals surface area (Å²) in [6.07, 6.45) is 3.36. The van der Waals surface area contributed by atoms with Gasteiger partial charge in [-0.25, -0.2) is 5.57 Å². The number of rotatable bonds is 0. The molecule has 29 heavy (non-hydrogen) atoms. The van der Waals surface area contributed by atoms with Crippen molar-refractivity contribution in [2.75, 3.05) is 0 Å². The standard InChI is InChI=1S/C9H13.C4H10N.C3H10OSi.C2H7Si.C2H5.CH3.2ClH.H2Si.Zr/c1-6-5-7(2)9(4)8(6)3;1-4(2,3)5;1-5(2,3)4;1-3-2;1-2;;;;;/h6H,1-4H3;5H,1-3H3;4H,1-3H3;3H,1-2H3;1H2,2H3;1H3;2*1H;1H2;/q2*-1;;;2*-1;;;;. The van der Waals surface area contributed by atoms with Gasteiger partial charge in [-0.1, -0.05) is 60.6 Å². The molecule has 1 atom stereocenters. The Kier molecular flexibility index (Phi) is 57.3. The summed E-state index contributed by atoms with van der Waals surface area (Å²) in [6, 6.07) is 0. The van der Waals surface area contributed by atoms with E-state index in [1.165, 1.54) is 16.7 Å². The summed E-state index contributed by atoms with van der Waals surface area (Å²) in [7, 11) is -0.861. The van der Waals surface area contributed by atoms with Crippen molar-refractivity contribution in [2.45, 2.75) is 93.7 Å². The van der Waals surface area contributed by atoms with E-state index in [1.807, 2.05) is 47.3 Å². The van der Waals surface area contributed by atoms with Gasteiger partial charge in [0, 0.05) is 9.52 Å². The number of hydrogen-bond acceptors (Lipinski definition) is 1. The van der Waals surface area contributed by atoms with Crippen molar-refractivity contribution in [3.63, 3.8) is 0 Å². The molecule has 0 bridgehead atoms. The molecular formula is C21H52Cl2NOSi3Zr-4. The maximum absolute atomic E-state index is 8.66. The Morgan fingerprint density at radius 1 is 1.07 bits per heavy atom. The molecule has 1 radical (unpaired) electrons. The van der Waals surface area contributed by atoms with Crippen LogP contribution in [0.4, 0.5) is 0 Å². The molecular weight excluding hydrogens is 529 g/mol. The summed E-state index contributed by atoms with van der Waals surface area (Å²) in [5, 5.41) is 0. The minimum atomic E-state index is -1.61. The van der Waals surface area contributed by atoms with E-state index in [4.69, 9.17) is 10.5 Å². The van der Waals surface area contributed by atoms with Crippen LogP contribution in [0.1, 0.15) is 55.4 Å². The molecule has 0 aromatic carbocycles. The molecule has 0 aromatic heterocycles. The van der Waals surface area contributed by atoms with Crippen LogP contribution < -0.4 is 0 Å². The van der Waals surface area contributed by atoms with Crippen molar-refractivity contribution in [3.8, 4) is 0 Å². The Morgan fingerprint density at radius 2 is 1.24 bits per heavy atom. The fourth-order valence-electron chi connectivity index (χ4n) is 1.16. The molecule has 0 fully saturated rings. The van der Waals surface area contributed by atoms with E-state index in [0.717, 1.165) is 9.52 Å². The third-order valence-electron chi connectivity index (χ3n) is 2.24. The van der Waals surface area contributed by atoms with E-state index in [0.29, 0.717) is 5.92 Å². The zero-order valence-electron chi connectivity index (χ0n) is 21.8. The van der Waals surface area contributed by atoms with Gasteiger partial charge in [0.2, 0.25) is 0 Å². The first-order valence-electron chi connectivity index (χ1n) is 9.09. The van der Waals surface area contributed by atoms with Crippen LogP contribution >= 0.6 is 24.8 Å². The van der Waals surface area contributed by atoms with Crippen molar-refractivity contribution >= 4 is 49.5 Å². The monoisotopic (exact) mass is 578 g/mol. The van der Waals surface area contributed by atoms with Crippen molar-refractivity contribution in [2.24, 2.45) is 5.92 Å². The van der Waals surface area contributed by atoms with Gasteiger partial charge in [0.25, 0.3) is 0 Å². The van der Waals surface area contributed by atoms with Crippen LogP contribution in [0.2, 0.25) is 32.7 Å². The van der Waals surface area contributed by atoms with Gasteiger partial charge >= 0.3 is 30.2 Å². The fraction of sp³-hybridized carbons (Fsp3) is 0.714. The number of allylic oxidation sites excluding steroid dienone is 4. The Morgan fingerprint density at radius 3 is 1.28 bits per heavy atom. The second-order valence-electron chi connectivity index (χ2n) is 7.80. The molecule has 0 aliphatic heterocycles. The van der Waals surface area contributed by atoms with Crippen LogP contribution in [-0.2, 0) is 23.3 Å². The first-order chi connectivity index (χ1) is 11.5. The Balaban J connectivity index is -0.0000000327. The quantitative estimate of drug-likeness (QED) is 0.241. The molecule has 0 spiro atoms. The van der Waals surface area contributed by atoms with Gasteiger partial charge in [0.05, 0.1) is 0 Å². The summed E-state index contributed by atoms with van der Waals surface area (Å²) < 4.78 is 0. The van der Waals surface area contributed by atoms with E-state index < -0.39 is 8.32 Å². The van der Waals surface area contributed by atoms with Crippen molar-refractivity contribution in [1.29, 1.82) is 0 Å². The molecule has 0 amide bonds.